The van der Waals surface area contributed by atoms with Crippen molar-refractivity contribution in [2.75, 3.05) is 6.61 Å². The number of nitrogens with zero attached hydrogens (tertiary/aromatic N) is 1. The van der Waals surface area contributed by atoms with Crippen molar-refractivity contribution < 1.29 is 9.53 Å². The van der Waals surface area contributed by atoms with Gasteiger partial charge in [-0.1, -0.05) is 12.8 Å². The summed E-state index contributed by atoms with van der Waals surface area (Å²) in [5.41, 5.74) is 0.494. The van der Waals surface area contributed by atoms with E-state index >= 15 is 0 Å². The molecule has 0 spiro atoms. The first-order chi connectivity index (χ1) is 7.75. The third kappa shape index (κ3) is 2.81. The number of hydrogen-bond acceptors (Lipinski definition) is 3. The highest BCUT2D eigenvalue weighted by Gasteiger charge is 2.15. The highest BCUT2D eigenvalue weighted by Crippen LogP contribution is 2.25. The van der Waals surface area contributed by atoms with Gasteiger partial charge in [0.2, 0.25) is 0 Å². The molecule has 86 valence electrons. The van der Waals surface area contributed by atoms with E-state index < -0.39 is 0 Å². The van der Waals surface area contributed by atoms with Crippen LogP contribution in [0.25, 0.3) is 0 Å². The average Bonchev–Trinajstić information content (AvgIpc) is 2.80. The van der Waals surface area contributed by atoms with Crippen LogP contribution >= 0.6 is 0 Å². The van der Waals surface area contributed by atoms with Gasteiger partial charge in [0, 0.05) is 6.92 Å². The smallest absolute Gasteiger partial charge is 0.178 e. The Morgan fingerprint density at radius 2 is 2.19 bits per heavy atom. The second-order valence-corrected chi connectivity index (χ2v) is 4.40. The van der Waals surface area contributed by atoms with Crippen molar-refractivity contribution in [1.29, 1.82) is 0 Å². The summed E-state index contributed by atoms with van der Waals surface area (Å²) in [5, 5.41) is 0. The van der Waals surface area contributed by atoms with E-state index in [0.717, 1.165) is 12.4 Å². The Kier molecular flexibility index (Phi) is 3.54. The number of carbonyl (C=O) groups excluding carboxylic acids is 1. The van der Waals surface area contributed by atoms with Crippen LogP contribution in [0.15, 0.2) is 18.3 Å². The van der Waals surface area contributed by atoms with Crippen LogP contribution in [0.1, 0.15) is 43.1 Å². The Bertz CT molecular complexity index is 353. The van der Waals surface area contributed by atoms with Crippen molar-refractivity contribution >= 4 is 5.78 Å². The number of rotatable bonds is 4. The molecule has 1 aromatic rings. The molecule has 16 heavy (non-hydrogen) atoms. The molecular formula is C13H17NO2. The first kappa shape index (κ1) is 11.1. The highest BCUT2D eigenvalue weighted by molar-refractivity contribution is 5.92. The molecule has 0 aliphatic heterocycles. The maximum atomic E-state index is 11.0. The SMILES string of the molecule is CC(=O)c1ccc(OCC2CCCC2)cn1. The van der Waals surface area contributed by atoms with E-state index in [1.54, 1.807) is 12.3 Å². The summed E-state index contributed by atoms with van der Waals surface area (Å²) in [6.45, 7) is 2.29. The van der Waals surface area contributed by atoms with Gasteiger partial charge in [-0.2, -0.15) is 0 Å². The van der Waals surface area contributed by atoms with Gasteiger partial charge in [-0.25, -0.2) is 4.98 Å². The standard InChI is InChI=1S/C13H17NO2/c1-10(15)13-7-6-12(8-14-13)16-9-11-4-2-3-5-11/h6-8,11H,2-5,9H2,1H3. The molecule has 0 saturated heterocycles. The van der Waals surface area contributed by atoms with E-state index in [0.29, 0.717) is 11.6 Å². The predicted octanol–water partition coefficient (Wildman–Crippen LogP) is 2.85. The molecule has 1 aliphatic rings. The van der Waals surface area contributed by atoms with Crippen LogP contribution in [0.3, 0.4) is 0 Å². The second-order valence-electron chi connectivity index (χ2n) is 4.40. The fourth-order valence-electron chi connectivity index (χ4n) is 2.07. The molecule has 1 fully saturated rings. The molecule has 0 amide bonds. The normalized spacial score (nSPS) is 16.3. The largest absolute Gasteiger partial charge is 0.492 e. The molecule has 0 N–H and O–H groups in total. The molecule has 1 saturated carbocycles. The molecule has 0 atom stereocenters. The molecule has 1 aromatic heterocycles. The minimum absolute atomic E-state index is 0.0117. The van der Waals surface area contributed by atoms with E-state index in [2.05, 4.69) is 4.98 Å². The van der Waals surface area contributed by atoms with Crippen LogP contribution in [0, 0.1) is 5.92 Å². The van der Waals surface area contributed by atoms with Crippen molar-refractivity contribution in [3.05, 3.63) is 24.0 Å². The zero-order chi connectivity index (χ0) is 11.4. The number of aromatic nitrogens is 1. The first-order valence-electron chi connectivity index (χ1n) is 5.85. The van der Waals surface area contributed by atoms with Crippen LogP contribution in [0.2, 0.25) is 0 Å². The molecule has 0 unspecified atom stereocenters. The molecule has 2 rings (SSSR count). The Balaban J connectivity index is 1.87. The first-order valence-corrected chi connectivity index (χ1v) is 5.85. The van der Waals surface area contributed by atoms with Crippen LogP contribution in [0.4, 0.5) is 0 Å². The number of carbonyl (C=O) groups is 1. The molecule has 0 radical (unpaired) electrons. The van der Waals surface area contributed by atoms with Gasteiger partial charge in [-0.3, -0.25) is 4.79 Å². The minimum Gasteiger partial charge on any atom is -0.492 e. The zero-order valence-electron chi connectivity index (χ0n) is 9.61. The zero-order valence-corrected chi connectivity index (χ0v) is 9.61. The monoisotopic (exact) mass is 219 g/mol. The van der Waals surface area contributed by atoms with E-state index in [1.807, 2.05) is 6.07 Å². The third-order valence-electron chi connectivity index (χ3n) is 3.06. The van der Waals surface area contributed by atoms with Gasteiger partial charge >= 0.3 is 0 Å². The summed E-state index contributed by atoms with van der Waals surface area (Å²) >= 11 is 0. The van der Waals surface area contributed by atoms with Gasteiger partial charge in [0.05, 0.1) is 12.8 Å². The lowest BCUT2D eigenvalue weighted by atomic mass is 10.1. The van der Waals surface area contributed by atoms with Crippen molar-refractivity contribution in [2.24, 2.45) is 5.92 Å². The Hall–Kier alpha value is -1.38. The minimum atomic E-state index is -0.0117. The van der Waals surface area contributed by atoms with Gasteiger partial charge in [0.1, 0.15) is 11.4 Å². The van der Waals surface area contributed by atoms with Crippen LogP contribution in [-0.2, 0) is 0 Å². The van der Waals surface area contributed by atoms with Crippen molar-refractivity contribution in [3.63, 3.8) is 0 Å². The molecule has 3 nitrogen and oxygen atoms in total. The Labute approximate surface area is 95.8 Å². The molecule has 3 heteroatoms. The van der Waals surface area contributed by atoms with E-state index in [-0.39, 0.29) is 5.78 Å². The number of pyridine rings is 1. The quantitative estimate of drug-likeness (QED) is 0.731. The van der Waals surface area contributed by atoms with Gasteiger partial charge in [0.25, 0.3) is 0 Å². The predicted molar refractivity (Wildman–Crippen MR) is 61.7 cm³/mol. The van der Waals surface area contributed by atoms with Gasteiger partial charge in [-0.15, -0.1) is 0 Å². The number of ether oxygens (including phenoxy) is 1. The van der Waals surface area contributed by atoms with Crippen LogP contribution < -0.4 is 4.74 Å². The maximum Gasteiger partial charge on any atom is 0.178 e. The number of hydrogen-bond donors (Lipinski definition) is 0. The number of ketones is 1. The highest BCUT2D eigenvalue weighted by atomic mass is 16.5. The molecule has 1 aliphatic carbocycles. The topological polar surface area (TPSA) is 39.2 Å². The molecule has 1 heterocycles. The lowest BCUT2D eigenvalue weighted by molar-refractivity contribution is 0.101. The summed E-state index contributed by atoms with van der Waals surface area (Å²) in [7, 11) is 0. The summed E-state index contributed by atoms with van der Waals surface area (Å²) < 4.78 is 5.65. The van der Waals surface area contributed by atoms with Gasteiger partial charge in [-0.05, 0) is 30.9 Å². The van der Waals surface area contributed by atoms with E-state index in [4.69, 9.17) is 4.74 Å². The van der Waals surface area contributed by atoms with Gasteiger partial charge in [0.15, 0.2) is 5.78 Å². The molecule has 0 aromatic carbocycles. The maximum absolute atomic E-state index is 11.0. The van der Waals surface area contributed by atoms with Crippen molar-refractivity contribution in [3.8, 4) is 5.75 Å². The van der Waals surface area contributed by atoms with Crippen molar-refractivity contribution in [2.45, 2.75) is 32.6 Å². The third-order valence-corrected chi connectivity index (χ3v) is 3.06. The van der Waals surface area contributed by atoms with E-state index in [9.17, 15) is 4.79 Å². The summed E-state index contributed by atoms with van der Waals surface area (Å²) in [4.78, 5) is 15.1. The molecule has 0 bridgehead atoms. The molecular weight excluding hydrogens is 202 g/mol. The fourth-order valence-corrected chi connectivity index (χ4v) is 2.07. The summed E-state index contributed by atoms with van der Waals surface area (Å²) in [6, 6.07) is 3.53. The van der Waals surface area contributed by atoms with Crippen LogP contribution in [-0.4, -0.2) is 17.4 Å². The van der Waals surface area contributed by atoms with Gasteiger partial charge < -0.3 is 4.74 Å². The van der Waals surface area contributed by atoms with Crippen molar-refractivity contribution in [1.82, 2.24) is 4.98 Å². The summed E-state index contributed by atoms with van der Waals surface area (Å²) in [5.74, 6) is 1.45. The van der Waals surface area contributed by atoms with Crippen LogP contribution in [0.5, 0.6) is 5.75 Å². The Morgan fingerprint density at radius 1 is 1.44 bits per heavy atom. The fraction of sp³-hybridized carbons (Fsp3) is 0.538. The van der Waals surface area contributed by atoms with E-state index in [1.165, 1.54) is 32.6 Å². The lowest BCUT2D eigenvalue weighted by Crippen LogP contribution is -2.08. The Morgan fingerprint density at radius 3 is 2.75 bits per heavy atom. The average molecular weight is 219 g/mol. The second kappa shape index (κ2) is 5.10. The lowest BCUT2D eigenvalue weighted by Gasteiger charge is -2.10. The summed E-state index contributed by atoms with van der Waals surface area (Å²) in [6.07, 6.45) is 6.84. The number of Topliss-reactive ketones (excluding diaryl/α,β-unsaturated/α-hetero) is 1.